The van der Waals surface area contributed by atoms with Gasteiger partial charge in [0.2, 0.25) is 5.91 Å². The van der Waals surface area contributed by atoms with Crippen LogP contribution in [0.4, 0.5) is 10.1 Å². The lowest BCUT2D eigenvalue weighted by Crippen LogP contribution is -2.45. The number of carbonyl (C=O) groups is 2. The van der Waals surface area contributed by atoms with Crippen LogP contribution in [-0.2, 0) is 4.79 Å². The van der Waals surface area contributed by atoms with Crippen molar-refractivity contribution < 1.29 is 19.1 Å². The van der Waals surface area contributed by atoms with Crippen LogP contribution in [0, 0.1) is 11.7 Å². The van der Waals surface area contributed by atoms with Crippen molar-refractivity contribution >= 4 is 17.6 Å². The predicted molar refractivity (Wildman–Crippen MR) is 72.2 cm³/mol. The third-order valence-corrected chi connectivity index (χ3v) is 3.45. The van der Waals surface area contributed by atoms with Crippen molar-refractivity contribution in [2.24, 2.45) is 5.92 Å². The minimum absolute atomic E-state index is 0.223. The maximum atomic E-state index is 13.3. The number of hydrogen-bond acceptors (Lipinski definition) is 3. The summed E-state index contributed by atoms with van der Waals surface area (Å²) in [7, 11) is 0. The first-order valence-corrected chi connectivity index (χ1v) is 6.54. The van der Waals surface area contributed by atoms with Crippen LogP contribution in [-0.4, -0.2) is 29.6 Å². The molecule has 2 rings (SSSR count). The number of hydrogen-bond donors (Lipinski definition) is 3. The minimum atomic E-state index is -1.36. The van der Waals surface area contributed by atoms with Gasteiger partial charge in [-0.15, -0.1) is 0 Å². The molecule has 0 saturated carbocycles. The first-order valence-electron chi connectivity index (χ1n) is 6.54. The van der Waals surface area contributed by atoms with E-state index in [-0.39, 0.29) is 17.6 Å². The monoisotopic (exact) mass is 280 g/mol. The van der Waals surface area contributed by atoms with Crippen LogP contribution in [0.2, 0.25) is 0 Å². The van der Waals surface area contributed by atoms with Gasteiger partial charge in [0.15, 0.2) is 0 Å². The van der Waals surface area contributed by atoms with E-state index in [0.717, 1.165) is 31.5 Å². The van der Waals surface area contributed by atoms with Gasteiger partial charge in [0.1, 0.15) is 5.82 Å². The van der Waals surface area contributed by atoms with Gasteiger partial charge in [0.25, 0.3) is 0 Å². The highest BCUT2D eigenvalue weighted by Crippen LogP contribution is 2.18. The zero-order valence-corrected chi connectivity index (χ0v) is 11.1. The number of rotatable bonds is 3. The van der Waals surface area contributed by atoms with Gasteiger partial charge in [-0.25, -0.2) is 9.18 Å². The van der Waals surface area contributed by atoms with Crippen LogP contribution in [0.5, 0.6) is 0 Å². The Kier molecular flexibility index (Phi) is 4.34. The molecule has 1 aliphatic heterocycles. The van der Waals surface area contributed by atoms with Gasteiger partial charge >= 0.3 is 5.97 Å². The highest BCUT2D eigenvalue weighted by molar-refractivity contribution is 5.96. The first kappa shape index (κ1) is 14.5. The second-order valence-corrected chi connectivity index (χ2v) is 5.13. The van der Waals surface area contributed by atoms with Gasteiger partial charge in [-0.3, -0.25) is 4.79 Å². The molecule has 0 aromatic heterocycles. The minimum Gasteiger partial charge on any atom is -0.478 e. The molecule has 20 heavy (non-hydrogen) atoms. The molecule has 0 radical (unpaired) electrons. The highest BCUT2D eigenvalue weighted by Gasteiger charge is 2.24. The Labute approximate surface area is 116 Å². The fourth-order valence-corrected chi connectivity index (χ4v) is 2.30. The van der Waals surface area contributed by atoms with Crippen molar-refractivity contribution in [1.29, 1.82) is 0 Å². The quantitative estimate of drug-likeness (QED) is 0.789. The van der Waals surface area contributed by atoms with Crippen molar-refractivity contribution in [1.82, 2.24) is 5.32 Å². The molecule has 1 amide bonds. The van der Waals surface area contributed by atoms with E-state index < -0.39 is 17.3 Å². The smallest absolute Gasteiger partial charge is 0.338 e. The summed E-state index contributed by atoms with van der Waals surface area (Å²) in [6.07, 6.45) is 1.77. The molecule has 1 saturated heterocycles. The standard InChI is InChI=1S/C14H17FN2O3/c1-8-4-5-16-12(6-8)13(18)17-9-2-3-11(15)10(7-9)14(19)20/h2-3,7-8,12,16H,4-6H2,1H3,(H,17,18)(H,19,20). The van der Waals surface area contributed by atoms with Crippen molar-refractivity contribution in [3.05, 3.63) is 29.6 Å². The molecule has 3 N–H and O–H groups in total. The van der Waals surface area contributed by atoms with Gasteiger partial charge in [0.05, 0.1) is 11.6 Å². The summed E-state index contributed by atoms with van der Waals surface area (Å²) >= 11 is 0. The lowest BCUT2D eigenvalue weighted by Gasteiger charge is -2.27. The van der Waals surface area contributed by atoms with Gasteiger partial charge in [0, 0.05) is 5.69 Å². The summed E-state index contributed by atoms with van der Waals surface area (Å²) in [4.78, 5) is 22.9. The number of benzene rings is 1. The number of halogens is 1. The molecular formula is C14H17FN2O3. The fraction of sp³-hybridized carbons (Fsp3) is 0.429. The molecule has 1 fully saturated rings. The van der Waals surface area contributed by atoms with Crippen LogP contribution >= 0.6 is 0 Å². The van der Waals surface area contributed by atoms with Gasteiger partial charge in [-0.2, -0.15) is 0 Å². The van der Waals surface area contributed by atoms with E-state index in [1.54, 1.807) is 0 Å². The fourth-order valence-electron chi connectivity index (χ4n) is 2.30. The molecule has 0 bridgehead atoms. The Morgan fingerprint density at radius 1 is 1.45 bits per heavy atom. The molecule has 2 unspecified atom stereocenters. The second-order valence-electron chi connectivity index (χ2n) is 5.13. The Bertz CT molecular complexity index is 533. The molecule has 1 heterocycles. The number of nitrogens with one attached hydrogen (secondary N) is 2. The molecular weight excluding hydrogens is 263 g/mol. The van der Waals surface area contributed by atoms with Crippen molar-refractivity contribution in [3.8, 4) is 0 Å². The van der Waals surface area contributed by atoms with E-state index in [4.69, 9.17) is 5.11 Å². The second kappa shape index (κ2) is 6.00. The van der Waals surface area contributed by atoms with Gasteiger partial charge in [-0.05, 0) is 43.5 Å². The third kappa shape index (κ3) is 3.33. The number of carboxylic acid groups (broad SMARTS) is 1. The summed E-state index contributed by atoms with van der Waals surface area (Å²) in [5.74, 6) is -1.93. The molecule has 2 atom stereocenters. The Morgan fingerprint density at radius 3 is 2.85 bits per heavy atom. The van der Waals surface area contributed by atoms with E-state index in [1.807, 2.05) is 0 Å². The summed E-state index contributed by atoms with van der Waals surface area (Å²) in [6.45, 7) is 2.87. The average molecular weight is 280 g/mol. The first-order chi connectivity index (χ1) is 9.47. The van der Waals surface area contributed by atoms with E-state index in [0.29, 0.717) is 5.92 Å². The Hall–Kier alpha value is -1.95. The summed E-state index contributed by atoms with van der Waals surface area (Å²) in [5, 5.41) is 14.6. The van der Waals surface area contributed by atoms with Crippen LogP contribution in [0.3, 0.4) is 0 Å². The van der Waals surface area contributed by atoms with Crippen LogP contribution in [0.15, 0.2) is 18.2 Å². The van der Waals surface area contributed by atoms with E-state index in [1.165, 1.54) is 6.07 Å². The normalized spacial score (nSPS) is 22.3. The molecule has 1 aromatic rings. The van der Waals surface area contributed by atoms with Crippen molar-refractivity contribution in [3.63, 3.8) is 0 Å². The summed E-state index contributed by atoms with van der Waals surface area (Å²) < 4.78 is 13.3. The van der Waals surface area contributed by atoms with E-state index in [9.17, 15) is 14.0 Å². The maximum absolute atomic E-state index is 13.3. The number of anilines is 1. The number of aromatic carboxylic acids is 1. The van der Waals surface area contributed by atoms with E-state index in [2.05, 4.69) is 17.6 Å². The number of amides is 1. The zero-order chi connectivity index (χ0) is 14.7. The number of piperidine rings is 1. The molecule has 108 valence electrons. The molecule has 1 aromatic carbocycles. The van der Waals surface area contributed by atoms with Crippen LogP contribution < -0.4 is 10.6 Å². The number of carbonyl (C=O) groups excluding carboxylic acids is 1. The summed E-state index contributed by atoms with van der Waals surface area (Å²) in [5.41, 5.74) is -0.165. The zero-order valence-electron chi connectivity index (χ0n) is 11.1. The van der Waals surface area contributed by atoms with Crippen LogP contribution in [0.25, 0.3) is 0 Å². The lowest BCUT2D eigenvalue weighted by atomic mass is 9.94. The SMILES string of the molecule is CC1CCNC(C(=O)Nc2ccc(F)c(C(=O)O)c2)C1. The van der Waals surface area contributed by atoms with Crippen molar-refractivity contribution in [2.75, 3.05) is 11.9 Å². The Morgan fingerprint density at radius 2 is 2.20 bits per heavy atom. The maximum Gasteiger partial charge on any atom is 0.338 e. The van der Waals surface area contributed by atoms with Crippen molar-refractivity contribution in [2.45, 2.75) is 25.8 Å². The highest BCUT2D eigenvalue weighted by atomic mass is 19.1. The molecule has 6 heteroatoms. The van der Waals surface area contributed by atoms with E-state index >= 15 is 0 Å². The van der Waals surface area contributed by atoms with Crippen LogP contribution in [0.1, 0.15) is 30.1 Å². The lowest BCUT2D eigenvalue weighted by molar-refractivity contribution is -0.119. The molecule has 5 nitrogen and oxygen atoms in total. The molecule has 0 spiro atoms. The number of carboxylic acids is 1. The predicted octanol–water partition coefficient (Wildman–Crippen LogP) is 1.85. The molecule has 1 aliphatic rings. The largest absolute Gasteiger partial charge is 0.478 e. The van der Waals surface area contributed by atoms with Gasteiger partial charge < -0.3 is 15.7 Å². The average Bonchev–Trinajstić information content (AvgIpc) is 2.40. The van der Waals surface area contributed by atoms with Gasteiger partial charge in [-0.1, -0.05) is 6.92 Å². The summed E-state index contributed by atoms with van der Waals surface area (Å²) in [6, 6.07) is 3.22. The molecule has 0 aliphatic carbocycles. The third-order valence-electron chi connectivity index (χ3n) is 3.45. The topological polar surface area (TPSA) is 78.4 Å². The Balaban J connectivity index is 2.07.